The van der Waals surface area contributed by atoms with Crippen LogP contribution in [0.2, 0.25) is 5.02 Å². The summed E-state index contributed by atoms with van der Waals surface area (Å²) in [4.78, 5) is 19.3. The number of aromatic nitrogens is 2. The first-order valence-electron chi connectivity index (χ1n) is 8.55. The van der Waals surface area contributed by atoms with Crippen molar-refractivity contribution in [1.29, 1.82) is 0 Å². The molecule has 0 radical (unpaired) electrons. The van der Waals surface area contributed by atoms with Gasteiger partial charge in [0.2, 0.25) is 11.6 Å². The van der Waals surface area contributed by atoms with Gasteiger partial charge in [-0.3, -0.25) is 10.1 Å². The monoisotopic (exact) mass is 399 g/mol. The van der Waals surface area contributed by atoms with E-state index in [2.05, 4.69) is 20.6 Å². The van der Waals surface area contributed by atoms with Gasteiger partial charge in [0.1, 0.15) is 12.1 Å². The summed E-state index contributed by atoms with van der Waals surface area (Å²) in [6.07, 6.45) is 1.27. The number of hydrogen-bond acceptors (Lipinski definition) is 7. The number of nitro groups is 1. The highest BCUT2D eigenvalue weighted by Crippen LogP contribution is 2.34. The molecule has 1 heterocycles. The summed E-state index contributed by atoms with van der Waals surface area (Å²) in [5, 5.41) is 18.3. The van der Waals surface area contributed by atoms with E-state index in [1.54, 1.807) is 30.3 Å². The topological polar surface area (TPSA) is 102 Å². The van der Waals surface area contributed by atoms with Crippen molar-refractivity contribution in [3.63, 3.8) is 0 Å². The fourth-order valence-electron chi connectivity index (χ4n) is 2.54. The normalized spacial score (nSPS) is 10.4. The van der Waals surface area contributed by atoms with E-state index in [-0.39, 0.29) is 17.3 Å². The first-order valence-corrected chi connectivity index (χ1v) is 8.93. The average molecular weight is 400 g/mol. The van der Waals surface area contributed by atoms with E-state index in [9.17, 15) is 10.1 Å². The van der Waals surface area contributed by atoms with Crippen LogP contribution in [0.4, 0.5) is 23.0 Å². The predicted molar refractivity (Wildman–Crippen MR) is 108 cm³/mol. The minimum Gasteiger partial charge on any atom is -0.492 e. The van der Waals surface area contributed by atoms with E-state index in [1.165, 1.54) is 6.33 Å². The molecule has 8 nitrogen and oxygen atoms in total. The lowest BCUT2D eigenvalue weighted by molar-refractivity contribution is -0.383. The van der Waals surface area contributed by atoms with Crippen LogP contribution in [0, 0.1) is 10.1 Å². The fraction of sp³-hybridized carbons (Fsp3) is 0.158. The van der Waals surface area contributed by atoms with Crippen LogP contribution in [0.25, 0.3) is 0 Å². The molecule has 0 bridgehead atoms. The van der Waals surface area contributed by atoms with Gasteiger partial charge in [-0.15, -0.1) is 0 Å². The van der Waals surface area contributed by atoms with E-state index >= 15 is 0 Å². The Balaban J connectivity index is 1.87. The second-order valence-corrected chi connectivity index (χ2v) is 6.15. The molecule has 0 saturated carbocycles. The second kappa shape index (κ2) is 9.01. The summed E-state index contributed by atoms with van der Waals surface area (Å²) >= 11 is 5.88. The lowest BCUT2D eigenvalue weighted by Crippen LogP contribution is -2.08. The summed E-state index contributed by atoms with van der Waals surface area (Å²) in [7, 11) is 0. The van der Waals surface area contributed by atoms with Gasteiger partial charge in [-0.1, -0.05) is 35.9 Å². The van der Waals surface area contributed by atoms with Crippen molar-refractivity contribution in [2.75, 3.05) is 17.2 Å². The molecule has 0 saturated heterocycles. The van der Waals surface area contributed by atoms with Gasteiger partial charge in [0.05, 0.1) is 17.2 Å². The average Bonchev–Trinajstić information content (AvgIpc) is 2.69. The summed E-state index contributed by atoms with van der Waals surface area (Å²) in [5.74, 6) is 0.769. The number of benzene rings is 2. The molecule has 9 heteroatoms. The van der Waals surface area contributed by atoms with Crippen molar-refractivity contribution in [3.8, 4) is 5.75 Å². The Morgan fingerprint density at radius 3 is 2.54 bits per heavy atom. The van der Waals surface area contributed by atoms with E-state index in [0.717, 1.165) is 5.56 Å². The molecule has 1 aromatic heterocycles. The lowest BCUT2D eigenvalue weighted by Gasteiger charge is -2.13. The summed E-state index contributed by atoms with van der Waals surface area (Å²) in [5.41, 5.74) is 1.24. The molecule has 0 unspecified atom stereocenters. The van der Waals surface area contributed by atoms with Crippen LogP contribution in [0.15, 0.2) is 54.9 Å². The Bertz CT molecular complexity index is 966. The first-order chi connectivity index (χ1) is 13.6. The Morgan fingerprint density at radius 1 is 1.11 bits per heavy atom. The maximum absolute atomic E-state index is 11.7. The molecule has 0 amide bonds. The fourth-order valence-corrected chi connectivity index (χ4v) is 2.67. The highest BCUT2D eigenvalue weighted by Gasteiger charge is 2.23. The zero-order valence-electron chi connectivity index (χ0n) is 15.1. The Morgan fingerprint density at radius 2 is 1.82 bits per heavy atom. The van der Waals surface area contributed by atoms with Gasteiger partial charge in [-0.25, -0.2) is 9.97 Å². The van der Waals surface area contributed by atoms with Crippen molar-refractivity contribution in [2.24, 2.45) is 0 Å². The van der Waals surface area contributed by atoms with E-state index in [0.29, 0.717) is 29.6 Å². The van der Waals surface area contributed by atoms with E-state index in [4.69, 9.17) is 16.3 Å². The molecule has 0 aliphatic heterocycles. The standard InChI is InChI=1S/C19H18ClN5O3/c1-2-28-16-6-4-3-5-15(16)24-19-17(25(26)27)18(22-12-23-19)21-11-13-7-9-14(20)10-8-13/h3-10,12H,2,11H2,1H3,(H2,21,22,23,24). The highest BCUT2D eigenvalue weighted by atomic mass is 35.5. The third kappa shape index (κ3) is 4.66. The molecule has 144 valence electrons. The minimum atomic E-state index is -0.518. The number of hydrogen-bond donors (Lipinski definition) is 2. The smallest absolute Gasteiger partial charge is 0.353 e. The molecule has 0 atom stereocenters. The van der Waals surface area contributed by atoms with Crippen LogP contribution in [0.5, 0.6) is 5.75 Å². The molecule has 28 heavy (non-hydrogen) atoms. The van der Waals surface area contributed by atoms with Crippen molar-refractivity contribution < 1.29 is 9.66 Å². The Hall–Kier alpha value is -3.39. The van der Waals surface area contributed by atoms with Crippen molar-refractivity contribution in [1.82, 2.24) is 9.97 Å². The zero-order chi connectivity index (χ0) is 19.9. The van der Waals surface area contributed by atoms with Gasteiger partial charge < -0.3 is 15.4 Å². The lowest BCUT2D eigenvalue weighted by atomic mass is 10.2. The molecule has 0 aliphatic carbocycles. The third-order valence-electron chi connectivity index (χ3n) is 3.82. The van der Waals surface area contributed by atoms with Crippen molar-refractivity contribution in [3.05, 3.63) is 75.6 Å². The number of halogens is 1. The van der Waals surface area contributed by atoms with Gasteiger partial charge in [0.25, 0.3) is 0 Å². The quantitative estimate of drug-likeness (QED) is 0.414. The molecular formula is C19H18ClN5O3. The maximum Gasteiger partial charge on any atom is 0.353 e. The highest BCUT2D eigenvalue weighted by molar-refractivity contribution is 6.30. The SMILES string of the molecule is CCOc1ccccc1Nc1ncnc(NCc2ccc(Cl)cc2)c1[N+](=O)[O-]. The molecule has 0 aliphatic rings. The summed E-state index contributed by atoms with van der Waals surface area (Å²) in [6, 6.07) is 14.3. The first kappa shape index (κ1) is 19.4. The number of nitrogens with zero attached hydrogens (tertiary/aromatic N) is 3. The van der Waals surface area contributed by atoms with Crippen LogP contribution in [0.3, 0.4) is 0 Å². The van der Waals surface area contributed by atoms with Gasteiger partial charge in [0.15, 0.2) is 0 Å². The van der Waals surface area contributed by atoms with E-state index in [1.807, 2.05) is 25.1 Å². The van der Waals surface area contributed by atoms with Crippen LogP contribution >= 0.6 is 11.6 Å². The van der Waals surface area contributed by atoms with Gasteiger partial charge in [-0.05, 0) is 36.8 Å². The number of nitrogens with one attached hydrogen (secondary N) is 2. The predicted octanol–water partition coefficient (Wildman–Crippen LogP) is 4.79. The Labute approximate surface area is 166 Å². The van der Waals surface area contributed by atoms with Crippen LogP contribution in [-0.2, 0) is 6.54 Å². The largest absolute Gasteiger partial charge is 0.492 e. The number of anilines is 3. The van der Waals surface area contributed by atoms with E-state index < -0.39 is 4.92 Å². The second-order valence-electron chi connectivity index (χ2n) is 5.71. The Kier molecular flexibility index (Phi) is 6.23. The van der Waals surface area contributed by atoms with Gasteiger partial charge in [-0.2, -0.15) is 0 Å². The molecule has 0 fully saturated rings. The van der Waals surface area contributed by atoms with Gasteiger partial charge >= 0.3 is 5.69 Å². The molecule has 3 rings (SSSR count). The van der Waals surface area contributed by atoms with Crippen LogP contribution in [-0.4, -0.2) is 21.5 Å². The van der Waals surface area contributed by atoms with Gasteiger partial charge in [0, 0.05) is 11.6 Å². The molecule has 2 aromatic carbocycles. The zero-order valence-corrected chi connectivity index (χ0v) is 15.8. The third-order valence-corrected chi connectivity index (χ3v) is 4.07. The summed E-state index contributed by atoms with van der Waals surface area (Å²) in [6.45, 7) is 2.69. The minimum absolute atomic E-state index is 0.0748. The number of ether oxygens (including phenoxy) is 1. The molecular weight excluding hydrogens is 382 g/mol. The van der Waals surface area contributed by atoms with Crippen LogP contribution in [0.1, 0.15) is 12.5 Å². The summed E-state index contributed by atoms with van der Waals surface area (Å²) < 4.78 is 5.55. The maximum atomic E-state index is 11.7. The molecule has 3 aromatic rings. The van der Waals surface area contributed by atoms with Crippen molar-refractivity contribution in [2.45, 2.75) is 13.5 Å². The van der Waals surface area contributed by atoms with Crippen LogP contribution < -0.4 is 15.4 Å². The number of rotatable bonds is 8. The number of para-hydroxylation sites is 2. The molecule has 0 spiro atoms. The molecule has 2 N–H and O–H groups in total. The van der Waals surface area contributed by atoms with Crippen molar-refractivity contribution >= 4 is 34.6 Å².